The van der Waals surface area contributed by atoms with Gasteiger partial charge in [0.2, 0.25) is 0 Å². The van der Waals surface area contributed by atoms with E-state index in [2.05, 4.69) is 19.9 Å². The topological polar surface area (TPSA) is 59.4 Å². The van der Waals surface area contributed by atoms with Crippen LogP contribution in [0.5, 0.6) is 0 Å². The average Bonchev–Trinajstić information content (AvgIpc) is 2.66. The first-order chi connectivity index (χ1) is 8.74. The van der Waals surface area contributed by atoms with Crippen LogP contribution in [0.3, 0.4) is 0 Å². The standard InChI is InChI=1S/C12H11N5S/c1-8-13-6-4-9(15-8)7-17-11-10(16-12(17)18)3-2-5-14-11/h2-6H,7H2,1H3,(H,16,18). The maximum Gasteiger partial charge on any atom is 0.179 e. The summed E-state index contributed by atoms with van der Waals surface area (Å²) in [5, 5.41) is 0. The van der Waals surface area contributed by atoms with Crippen LogP contribution >= 0.6 is 12.2 Å². The molecule has 3 aromatic rings. The Balaban J connectivity index is 2.10. The summed E-state index contributed by atoms with van der Waals surface area (Å²) < 4.78 is 2.59. The number of imidazole rings is 1. The lowest BCUT2D eigenvalue weighted by Crippen LogP contribution is -2.04. The minimum atomic E-state index is 0.596. The number of pyridine rings is 1. The van der Waals surface area contributed by atoms with Gasteiger partial charge in [-0.15, -0.1) is 0 Å². The molecule has 6 heteroatoms. The Labute approximate surface area is 109 Å². The Morgan fingerprint density at radius 2 is 2.17 bits per heavy atom. The summed E-state index contributed by atoms with van der Waals surface area (Å²) in [4.78, 5) is 15.9. The van der Waals surface area contributed by atoms with Crippen molar-refractivity contribution in [3.8, 4) is 0 Å². The molecule has 3 heterocycles. The van der Waals surface area contributed by atoms with Crippen LogP contribution in [0.15, 0.2) is 30.6 Å². The largest absolute Gasteiger partial charge is 0.329 e. The van der Waals surface area contributed by atoms with Crippen molar-refractivity contribution in [3.05, 3.63) is 46.9 Å². The second-order valence-corrected chi connectivity index (χ2v) is 4.37. The highest BCUT2D eigenvalue weighted by atomic mass is 32.1. The van der Waals surface area contributed by atoms with E-state index in [-0.39, 0.29) is 0 Å². The molecular formula is C12H11N5S. The first-order valence-electron chi connectivity index (χ1n) is 5.56. The van der Waals surface area contributed by atoms with Crippen molar-refractivity contribution in [3.63, 3.8) is 0 Å². The Morgan fingerprint density at radius 3 is 3.00 bits per heavy atom. The van der Waals surface area contributed by atoms with Crippen molar-refractivity contribution in [2.45, 2.75) is 13.5 Å². The average molecular weight is 257 g/mol. The van der Waals surface area contributed by atoms with Gasteiger partial charge in [-0.3, -0.25) is 4.57 Å². The summed E-state index contributed by atoms with van der Waals surface area (Å²) in [6, 6.07) is 5.73. The van der Waals surface area contributed by atoms with Crippen molar-refractivity contribution >= 4 is 23.4 Å². The summed E-state index contributed by atoms with van der Waals surface area (Å²) in [6.07, 6.45) is 3.51. The fraction of sp³-hybridized carbons (Fsp3) is 0.167. The molecule has 3 rings (SSSR count). The molecule has 0 aromatic carbocycles. The van der Waals surface area contributed by atoms with Crippen molar-refractivity contribution in [1.82, 2.24) is 24.5 Å². The van der Waals surface area contributed by atoms with Gasteiger partial charge in [0.25, 0.3) is 0 Å². The number of aromatic nitrogens is 5. The van der Waals surface area contributed by atoms with Crippen molar-refractivity contribution in [1.29, 1.82) is 0 Å². The molecule has 0 aliphatic heterocycles. The molecule has 0 radical (unpaired) electrons. The number of nitrogens with zero attached hydrogens (tertiary/aromatic N) is 4. The van der Waals surface area contributed by atoms with Crippen LogP contribution in [0.2, 0.25) is 0 Å². The zero-order valence-electron chi connectivity index (χ0n) is 9.79. The minimum Gasteiger partial charge on any atom is -0.329 e. The summed E-state index contributed by atoms with van der Waals surface area (Å²) >= 11 is 5.31. The predicted molar refractivity (Wildman–Crippen MR) is 70.8 cm³/mol. The van der Waals surface area contributed by atoms with E-state index >= 15 is 0 Å². The van der Waals surface area contributed by atoms with Gasteiger partial charge in [-0.25, -0.2) is 15.0 Å². The normalized spacial score (nSPS) is 10.9. The molecule has 0 saturated heterocycles. The predicted octanol–water partition coefficient (Wildman–Crippen LogP) is 2.24. The molecular weight excluding hydrogens is 246 g/mol. The highest BCUT2D eigenvalue weighted by molar-refractivity contribution is 7.71. The third-order valence-electron chi connectivity index (χ3n) is 2.68. The highest BCUT2D eigenvalue weighted by Gasteiger charge is 2.06. The van der Waals surface area contributed by atoms with Crippen LogP contribution in [0.1, 0.15) is 11.5 Å². The fourth-order valence-electron chi connectivity index (χ4n) is 1.89. The van der Waals surface area contributed by atoms with Gasteiger partial charge in [0.15, 0.2) is 10.4 Å². The lowest BCUT2D eigenvalue weighted by atomic mass is 10.4. The third-order valence-corrected chi connectivity index (χ3v) is 3.01. The number of nitrogens with one attached hydrogen (secondary N) is 1. The molecule has 18 heavy (non-hydrogen) atoms. The molecule has 0 atom stereocenters. The van der Waals surface area contributed by atoms with Crippen molar-refractivity contribution < 1.29 is 0 Å². The second kappa shape index (κ2) is 4.30. The molecule has 0 unspecified atom stereocenters. The Morgan fingerprint density at radius 1 is 1.28 bits per heavy atom. The molecule has 90 valence electrons. The Kier molecular flexibility index (Phi) is 2.64. The van der Waals surface area contributed by atoms with E-state index in [1.807, 2.05) is 29.7 Å². The van der Waals surface area contributed by atoms with Crippen LogP contribution < -0.4 is 0 Å². The third kappa shape index (κ3) is 1.91. The van der Waals surface area contributed by atoms with Crippen LogP contribution in [-0.4, -0.2) is 24.5 Å². The van der Waals surface area contributed by atoms with E-state index in [1.54, 1.807) is 12.4 Å². The van der Waals surface area contributed by atoms with Gasteiger partial charge in [-0.05, 0) is 37.3 Å². The van der Waals surface area contributed by atoms with E-state index in [1.165, 1.54) is 0 Å². The molecule has 0 amide bonds. The molecule has 0 fully saturated rings. The van der Waals surface area contributed by atoms with Crippen LogP contribution in [0, 0.1) is 11.7 Å². The maximum absolute atomic E-state index is 5.31. The van der Waals surface area contributed by atoms with Gasteiger partial charge in [0, 0.05) is 12.4 Å². The first-order valence-corrected chi connectivity index (χ1v) is 5.97. The lowest BCUT2D eigenvalue weighted by Gasteiger charge is -2.03. The van der Waals surface area contributed by atoms with E-state index in [0.29, 0.717) is 11.3 Å². The number of H-pyrrole nitrogens is 1. The molecule has 3 aromatic heterocycles. The maximum atomic E-state index is 5.31. The minimum absolute atomic E-state index is 0.596. The number of hydrogen-bond acceptors (Lipinski definition) is 4. The number of rotatable bonds is 2. The van der Waals surface area contributed by atoms with E-state index in [9.17, 15) is 0 Å². The summed E-state index contributed by atoms with van der Waals surface area (Å²) in [6.45, 7) is 2.47. The molecule has 0 aliphatic carbocycles. The molecule has 1 N–H and O–H groups in total. The van der Waals surface area contributed by atoms with Gasteiger partial charge < -0.3 is 4.98 Å². The van der Waals surface area contributed by atoms with Crippen LogP contribution in [-0.2, 0) is 6.54 Å². The fourth-order valence-corrected chi connectivity index (χ4v) is 2.15. The van der Waals surface area contributed by atoms with Crippen LogP contribution in [0.4, 0.5) is 0 Å². The SMILES string of the molecule is Cc1nccc(Cn2c(=S)[nH]c3cccnc32)n1. The van der Waals surface area contributed by atoms with Crippen molar-refractivity contribution in [2.75, 3.05) is 0 Å². The van der Waals surface area contributed by atoms with Crippen LogP contribution in [0.25, 0.3) is 11.2 Å². The van der Waals surface area contributed by atoms with E-state index in [0.717, 1.165) is 22.7 Å². The quantitative estimate of drug-likeness (QED) is 0.715. The summed E-state index contributed by atoms with van der Waals surface area (Å²) in [5.41, 5.74) is 2.71. The van der Waals surface area contributed by atoms with Crippen molar-refractivity contribution in [2.24, 2.45) is 0 Å². The smallest absolute Gasteiger partial charge is 0.179 e. The van der Waals surface area contributed by atoms with Gasteiger partial charge in [0.05, 0.1) is 17.8 Å². The number of hydrogen-bond donors (Lipinski definition) is 1. The van der Waals surface area contributed by atoms with E-state index < -0.39 is 0 Å². The van der Waals surface area contributed by atoms with E-state index in [4.69, 9.17) is 12.2 Å². The zero-order chi connectivity index (χ0) is 12.5. The summed E-state index contributed by atoms with van der Waals surface area (Å²) in [7, 11) is 0. The lowest BCUT2D eigenvalue weighted by molar-refractivity contribution is 0.766. The molecule has 0 spiro atoms. The van der Waals surface area contributed by atoms with Gasteiger partial charge in [-0.1, -0.05) is 0 Å². The number of aromatic amines is 1. The monoisotopic (exact) mass is 257 g/mol. The highest BCUT2D eigenvalue weighted by Crippen LogP contribution is 2.12. The molecule has 0 aliphatic rings. The van der Waals surface area contributed by atoms with Gasteiger partial charge >= 0.3 is 0 Å². The summed E-state index contributed by atoms with van der Waals surface area (Å²) in [5.74, 6) is 0.756. The zero-order valence-corrected chi connectivity index (χ0v) is 10.6. The number of aryl methyl sites for hydroxylation is 1. The van der Waals surface area contributed by atoms with Gasteiger partial charge in [-0.2, -0.15) is 0 Å². The molecule has 5 nitrogen and oxygen atoms in total. The second-order valence-electron chi connectivity index (χ2n) is 3.99. The number of fused-ring (bicyclic) bond motifs is 1. The van der Waals surface area contributed by atoms with Gasteiger partial charge in [0.1, 0.15) is 5.82 Å². The molecule has 0 bridgehead atoms. The Bertz CT molecular complexity index is 758. The molecule has 0 saturated carbocycles. The Hall–Kier alpha value is -2.08. The first kappa shape index (κ1) is 11.0.